The van der Waals surface area contributed by atoms with Crippen molar-refractivity contribution in [1.82, 2.24) is 13.8 Å². The Balaban J connectivity index is 1.90. The summed E-state index contributed by atoms with van der Waals surface area (Å²) in [5, 5.41) is 0.327. The predicted molar refractivity (Wildman–Crippen MR) is 121 cm³/mol. The summed E-state index contributed by atoms with van der Waals surface area (Å²) in [7, 11) is 6.01. The van der Waals surface area contributed by atoms with E-state index in [1.165, 1.54) is 30.5 Å². The van der Waals surface area contributed by atoms with Crippen molar-refractivity contribution in [1.29, 1.82) is 0 Å². The maximum absolute atomic E-state index is 13.1. The van der Waals surface area contributed by atoms with Gasteiger partial charge in [0.2, 0.25) is 0 Å². The summed E-state index contributed by atoms with van der Waals surface area (Å²) in [6, 6.07) is 14.0. The number of benzene rings is 2. The molecule has 0 saturated heterocycles. The van der Waals surface area contributed by atoms with E-state index in [1.54, 1.807) is 31.4 Å². The normalized spacial score (nSPS) is 10.9. The second-order valence-electron chi connectivity index (χ2n) is 7.19. The van der Waals surface area contributed by atoms with Crippen LogP contribution in [-0.4, -0.2) is 33.9 Å². The van der Waals surface area contributed by atoms with Gasteiger partial charge in [0.05, 0.1) is 37.0 Å². The van der Waals surface area contributed by atoms with Crippen LogP contribution in [-0.2, 0) is 14.1 Å². The lowest BCUT2D eigenvalue weighted by molar-refractivity contribution is 0.101. The molecule has 1 amide bonds. The van der Waals surface area contributed by atoms with Crippen molar-refractivity contribution in [2.45, 2.75) is 0 Å². The number of amides is 1. The van der Waals surface area contributed by atoms with Gasteiger partial charge in [-0.1, -0.05) is 30.3 Å². The Kier molecular flexibility index (Phi) is 5.31. The van der Waals surface area contributed by atoms with Gasteiger partial charge < -0.3 is 9.47 Å². The first kappa shape index (κ1) is 21.0. The van der Waals surface area contributed by atoms with Crippen molar-refractivity contribution >= 4 is 16.8 Å². The molecule has 0 aliphatic carbocycles. The van der Waals surface area contributed by atoms with E-state index in [0.717, 1.165) is 4.57 Å². The van der Waals surface area contributed by atoms with Gasteiger partial charge in [0.25, 0.3) is 11.5 Å². The van der Waals surface area contributed by atoms with Crippen molar-refractivity contribution < 1.29 is 14.3 Å². The van der Waals surface area contributed by atoms with Gasteiger partial charge in [-0.25, -0.2) is 4.79 Å². The molecule has 2 heterocycles. The van der Waals surface area contributed by atoms with Gasteiger partial charge >= 0.3 is 5.69 Å². The number of carbonyl (C=O) groups excluding carboxylic acids is 1. The maximum Gasteiger partial charge on any atom is 0.330 e. The number of ether oxygens (including phenoxy) is 2. The number of aryl methyl sites for hydroxylation is 1. The number of rotatable bonds is 5. The molecule has 2 aromatic heterocycles. The number of hydrogen-bond acceptors (Lipinski definition) is 5. The van der Waals surface area contributed by atoms with Crippen LogP contribution >= 0.6 is 0 Å². The van der Waals surface area contributed by atoms with Crippen LogP contribution in [0.15, 0.2) is 64.3 Å². The molecule has 9 heteroatoms. The molecular weight excluding hydrogens is 412 g/mol. The molecule has 0 fully saturated rings. The molecule has 0 aliphatic rings. The minimum Gasteiger partial charge on any atom is -0.493 e. The summed E-state index contributed by atoms with van der Waals surface area (Å²) in [6.07, 6.45) is 1.57. The van der Waals surface area contributed by atoms with Gasteiger partial charge in [-0.15, -0.1) is 0 Å². The number of carbonyl (C=O) groups is 1. The Bertz CT molecular complexity index is 1450. The lowest BCUT2D eigenvalue weighted by atomic mass is 10.1. The molecule has 4 rings (SSSR count). The highest BCUT2D eigenvalue weighted by Gasteiger charge is 2.21. The van der Waals surface area contributed by atoms with Gasteiger partial charge in [0, 0.05) is 25.2 Å². The quantitative estimate of drug-likeness (QED) is 0.519. The zero-order valence-corrected chi connectivity index (χ0v) is 18.1. The van der Waals surface area contributed by atoms with Crippen LogP contribution < -0.4 is 26.1 Å². The van der Waals surface area contributed by atoms with Crippen molar-refractivity contribution in [2.24, 2.45) is 14.1 Å². The molecule has 2 aromatic carbocycles. The fourth-order valence-corrected chi connectivity index (χ4v) is 3.66. The fraction of sp³-hybridized carbons (Fsp3) is 0.174. The smallest absolute Gasteiger partial charge is 0.330 e. The summed E-state index contributed by atoms with van der Waals surface area (Å²) in [6.45, 7) is 0. The van der Waals surface area contributed by atoms with Gasteiger partial charge in [0.1, 0.15) is 0 Å². The van der Waals surface area contributed by atoms with Gasteiger partial charge in [-0.05, 0) is 18.2 Å². The molecule has 32 heavy (non-hydrogen) atoms. The number of fused-ring (bicyclic) bond motifs is 1. The van der Waals surface area contributed by atoms with Gasteiger partial charge in [0.15, 0.2) is 11.5 Å². The standard InChI is InChI=1S/C23H22N4O5/c1-25-16-13-27(24-21(28)15-10-11-17(31-3)18(12-15)32-4)20(14-8-6-5-7-9-14)19(16)22(29)26(2)23(25)30/h5-13H,1-4H3,(H,24,28). The molecule has 0 unspecified atom stereocenters. The zero-order valence-electron chi connectivity index (χ0n) is 18.1. The van der Waals surface area contributed by atoms with Crippen molar-refractivity contribution in [3.8, 4) is 22.8 Å². The van der Waals surface area contributed by atoms with Crippen LogP contribution in [0.2, 0.25) is 0 Å². The van der Waals surface area contributed by atoms with Crippen LogP contribution in [0.3, 0.4) is 0 Å². The van der Waals surface area contributed by atoms with Gasteiger partial charge in [-0.3, -0.25) is 28.8 Å². The van der Waals surface area contributed by atoms with E-state index >= 15 is 0 Å². The molecular formula is C23H22N4O5. The number of nitrogens with zero attached hydrogens (tertiary/aromatic N) is 3. The van der Waals surface area contributed by atoms with E-state index in [4.69, 9.17) is 9.47 Å². The molecule has 0 atom stereocenters. The van der Waals surface area contributed by atoms with E-state index in [1.807, 2.05) is 30.3 Å². The first-order valence-electron chi connectivity index (χ1n) is 9.77. The number of nitrogens with one attached hydrogen (secondary N) is 1. The zero-order chi connectivity index (χ0) is 23.0. The average Bonchev–Trinajstić information content (AvgIpc) is 3.20. The topological polar surface area (TPSA) is 96.5 Å². The second kappa shape index (κ2) is 8.10. The summed E-state index contributed by atoms with van der Waals surface area (Å²) in [5.74, 6) is 0.488. The molecule has 0 spiro atoms. The van der Waals surface area contributed by atoms with Gasteiger partial charge in [-0.2, -0.15) is 0 Å². The highest BCUT2D eigenvalue weighted by atomic mass is 16.5. The number of methoxy groups -OCH3 is 2. The minimum absolute atomic E-state index is 0.327. The molecule has 9 nitrogen and oxygen atoms in total. The third kappa shape index (κ3) is 3.33. The Morgan fingerprint density at radius 2 is 1.59 bits per heavy atom. The number of hydrogen-bond donors (Lipinski definition) is 1. The highest BCUT2D eigenvalue weighted by Crippen LogP contribution is 2.29. The fourth-order valence-electron chi connectivity index (χ4n) is 3.66. The van der Waals surface area contributed by atoms with E-state index in [2.05, 4.69) is 5.43 Å². The SMILES string of the molecule is COc1ccc(C(=O)Nn2cc3c(c2-c2ccccc2)c(=O)n(C)c(=O)n3C)cc1OC. The third-order valence-corrected chi connectivity index (χ3v) is 5.35. The summed E-state index contributed by atoms with van der Waals surface area (Å²) < 4.78 is 14.4. The highest BCUT2D eigenvalue weighted by molar-refractivity contribution is 6.02. The molecule has 0 saturated carbocycles. The molecule has 4 aromatic rings. The maximum atomic E-state index is 13.1. The Morgan fingerprint density at radius 3 is 2.25 bits per heavy atom. The molecule has 164 valence electrons. The van der Waals surface area contributed by atoms with Crippen molar-refractivity contribution in [2.75, 3.05) is 19.6 Å². The first-order chi connectivity index (χ1) is 15.4. The number of aromatic nitrogens is 3. The van der Waals surface area contributed by atoms with Crippen molar-refractivity contribution in [3.63, 3.8) is 0 Å². The summed E-state index contributed by atoms with van der Waals surface area (Å²) >= 11 is 0. The Morgan fingerprint density at radius 1 is 0.906 bits per heavy atom. The first-order valence-corrected chi connectivity index (χ1v) is 9.77. The van der Waals surface area contributed by atoms with Crippen LogP contribution in [0, 0.1) is 0 Å². The van der Waals surface area contributed by atoms with Crippen LogP contribution in [0.5, 0.6) is 11.5 Å². The largest absolute Gasteiger partial charge is 0.493 e. The second-order valence-corrected chi connectivity index (χ2v) is 7.19. The predicted octanol–water partition coefficient (Wildman–Crippen LogP) is 2.11. The third-order valence-electron chi connectivity index (χ3n) is 5.35. The van der Waals surface area contributed by atoms with Crippen LogP contribution in [0.1, 0.15) is 10.4 Å². The summed E-state index contributed by atoms with van der Waals surface area (Å²) in [4.78, 5) is 38.5. The molecule has 0 bridgehead atoms. The van der Waals surface area contributed by atoms with E-state index in [-0.39, 0.29) is 0 Å². The van der Waals surface area contributed by atoms with E-state index in [9.17, 15) is 14.4 Å². The van der Waals surface area contributed by atoms with Crippen LogP contribution in [0.25, 0.3) is 22.2 Å². The van der Waals surface area contributed by atoms with E-state index < -0.39 is 17.2 Å². The molecule has 0 radical (unpaired) electrons. The lowest BCUT2D eigenvalue weighted by Gasteiger charge is -2.13. The van der Waals surface area contributed by atoms with E-state index in [0.29, 0.717) is 39.2 Å². The summed E-state index contributed by atoms with van der Waals surface area (Å²) in [5.41, 5.74) is 3.85. The molecule has 0 aliphatic heterocycles. The average molecular weight is 434 g/mol. The minimum atomic E-state index is -0.453. The monoisotopic (exact) mass is 434 g/mol. The molecule has 1 N–H and O–H groups in total. The van der Waals surface area contributed by atoms with Crippen molar-refractivity contribution in [3.05, 3.63) is 81.1 Å². The Hall–Kier alpha value is -4.27. The Labute approximate surface area is 183 Å². The van der Waals surface area contributed by atoms with Crippen LogP contribution in [0.4, 0.5) is 0 Å². The lowest BCUT2D eigenvalue weighted by Crippen LogP contribution is -2.36.